The molecular weight excluding hydrogens is 260 g/mol. The molecule has 0 radical (unpaired) electrons. The molecule has 0 atom stereocenters. The Kier molecular flexibility index (Phi) is 2.46. The van der Waals surface area contributed by atoms with Crippen LogP contribution >= 0.6 is 0 Å². The fourth-order valence-corrected chi connectivity index (χ4v) is 2.08. The highest BCUT2D eigenvalue weighted by Gasteiger charge is 2.16. The van der Waals surface area contributed by atoms with E-state index < -0.39 is 6.09 Å². The molecule has 8 nitrogen and oxygen atoms in total. The monoisotopic (exact) mass is 272 g/mol. The standard InChI is InChI=1S/C12H12N6O2/c1-6-8(4-15-17(6)2)9-3-7-10(5-14-9)18(12(19)20)16-11(7)13/h3-5H,1-2H3,(H2,13,16)(H,19,20). The molecule has 0 fully saturated rings. The largest absolute Gasteiger partial charge is 0.463 e. The number of aryl methyl sites for hydroxylation is 1. The van der Waals surface area contributed by atoms with Gasteiger partial charge in [-0.05, 0) is 13.0 Å². The molecule has 0 saturated heterocycles. The summed E-state index contributed by atoms with van der Waals surface area (Å²) in [4.78, 5) is 15.3. The van der Waals surface area contributed by atoms with Gasteiger partial charge >= 0.3 is 6.09 Å². The SMILES string of the molecule is Cc1c(-c2cc3c(N)nn(C(=O)O)c3cn2)cnn1C. The Morgan fingerprint density at radius 1 is 1.40 bits per heavy atom. The zero-order valence-corrected chi connectivity index (χ0v) is 10.9. The van der Waals surface area contributed by atoms with E-state index in [1.807, 2.05) is 14.0 Å². The van der Waals surface area contributed by atoms with Crippen molar-refractivity contribution in [2.75, 3.05) is 5.73 Å². The molecule has 3 heterocycles. The molecule has 0 unspecified atom stereocenters. The summed E-state index contributed by atoms with van der Waals surface area (Å²) in [5.74, 6) is 0.160. The van der Waals surface area contributed by atoms with E-state index in [9.17, 15) is 4.79 Å². The van der Waals surface area contributed by atoms with Crippen molar-refractivity contribution in [3.63, 3.8) is 0 Å². The number of aromatic nitrogens is 5. The van der Waals surface area contributed by atoms with Crippen molar-refractivity contribution < 1.29 is 9.90 Å². The van der Waals surface area contributed by atoms with Gasteiger partial charge in [-0.15, -0.1) is 5.10 Å². The molecule has 0 amide bonds. The number of pyridine rings is 1. The van der Waals surface area contributed by atoms with Gasteiger partial charge in [0.1, 0.15) is 5.52 Å². The van der Waals surface area contributed by atoms with Gasteiger partial charge < -0.3 is 10.8 Å². The second kappa shape index (κ2) is 4.05. The summed E-state index contributed by atoms with van der Waals surface area (Å²) in [7, 11) is 1.84. The number of nitrogens with two attached hydrogens (primary N) is 1. The van der Waals surface area contributed by atoms with Crippen LogP contribution in [-0.4, -0.2) is 35.7 Å². The Morgan fingerprint density at radius 2 is 2.15 bits per heavy atom. The van der Waals surface area contributed by atoms with Crippen LogP contribution in [0.2, 0.25) is 0 Å². The predicted molar refractivity (Wildman–Crippen MR) is 72.3 cm³/mol. The van der Waals surface area contributed by atoms with Crippen LogP contribution in [0.15, 0.2) is 18.5 Å². The summed E-state index contributed by atoms with van der Waals surface area (Å²) >= 11 is 0. The topological polar surface area (TPSA) is 112 Å². The number of hydrogen-bond donors (Lipinski definition) is 2. The van der Waals surface area contributed by atoms with Crippen LogP contribution in [0, 0.1) is 6.92 Å². The number of nitrogen functional groups attached to an aromatic ring is 1. The number of carbonyl (C=O) groups is 1. The number of hydrogen-bond acceptors (Lipinski definition) is 5. The normalized spacial score (nSPS) is 11.1. The predicted octanol–water partition coefficient (Wildman–Crippen LogP) is 1.25. The first-order valence-electron chi connectivity index (χ1n) is 5.85. The number of nitrogens with zero attached hydrogens (tertiary/aromatic N) is 5. The molecule has 3 aromatic heterocycles. The van der Waals surface area contributed by atoms with E-state index in [1.54, 1.807) is 16.9 Å². The number of anilines is 1. The van der Waals surface area contributed by atoms with Crippen LogP contribution in [-0.2, 0) is 7.05 Å². The van der Waals surface area contributed by atoms with E-state index in [1.165, 1.54) is 6.20 Å². The maximum Gasteiger partial charge on any atom is 0.432 e. The van der Waals surface area contributed by atoms with Crippen molar-refractivity contribution in [1.29, 1.82) is 0 Å². The summed E-state index contributed by atoms with van der Waals surface area (Å²) in [5, 5.41) is 17.5. The first kappa shape index (κ1) is 12.2. The second-order valence-corrected chi connectivity index (χ2v) is 4.43. The van der Waals surface area contributed by atoms with Gasteiger partial charge in [-0.3, -0.25) is 9.67 Å². The summed E-state index contributed by atoms with van der Waals surface area (Å²) in [5.41, 5.74) is 8.63. The maximum atomic E-state index is 11.0. The molecular formula is C12H12N6O2. The maximum absolute atomic E-state index is 11.0. The van der Waals surface area contributed by atoms with E-state index in [2.05, 4.69) is 15.2 Å². The fraction of sp³-hybridized carbons (Fsp3) is 0.167. The summed E-state index contributed by atoms with van der Waals surface area (Å²) in [6.45, 7) is 1.93. The molecule has 0 spiro atoms. The Balaban J connectivity index is 2.24. The minimum atomic E-state index is -1.20. The Labute approximate surface area is 113 Å². The third kappa shape index (κ3) is 1.62. The molecule has 3 rings (SSSR count). The third-order valence-corrected chi connectivity index (χ3v) is 3.29. The van der Waals surface area contributed by atoms with E-state index in [-0.39, 0.29) is 5.82 Å². The Bertz CT molecular complexity index is 832. The van der Waals surface area contributed by atoms with Gasteiger partial charge in [0, 0.05) is 23.7 Å². The smallest absolute Gasteiger partial charge is 0.432 e. The van der Waals surface area contributed by atoms with Crippen molar-refractivity contribution in [1.82, 2.24) is 24.5 Å². The lowest BCUT2D eigenvalue weighted by Crippen LogP contribution is -2.09. The van der Waals surface area contributed by atoms with Crippen molar-refractivity contribution >= 4 is 22.8 Å². The first-order chi connectivity index (χ1) is 9.49. The summed E-state index contributed by atoms with van der Waals surface area (Å²) < 4.78 is 2.56. The molecule has 8 heteroatoms. The molecule has 0 bridgehead atoms. The van der Waals surface area contributed by atoms with Gasteiger partial charge in [0.15, 0.2) is 5.82 Å². The molecule has 3 N–H and O–H groups in total. The zero-order chi connectivity index (χ0) is 14.4. The Hall–Kier alpha value is -2.90. The molecule has 0 aliphatic carbocycles. The van der Waals surface area contributed by atoms with Crippen molar-refractivity contribution in [3.8, 4) is 11.3 Å². The van der Waals surface area contributed by atoms with E-state index in [0.717, 1.165) is 15.9 Å². The molecule has 0 saturated carbocycles. The highest BCUT2D eigenvalue weighted by molar-refractivity contribution is 5.95. The van der Waals surface area contributed by atoms with Crippen LogP contribution in [0.3, 0.4) is 0 Å². The molecule has 20 heavy (non-hydrogen) atoms. The van der Waals surface area contributed by atoms with Gasteiger partial charge in [-0.2, -0.15) is 9.78 Å². The van der Waals surface area contributed by atoms with Crippen LogP contribution in [0.5, 0.6) is 0 Å². The van der Waals surface area contributed by atoms with Crippen molar-refractivity contribution in [2.45, 2.75) is 6.92 Å². The third-order valence-electron chi connectivity index (χ3n) is 3.29. The van der Waals surface area contributed by atoms with E-state index >= 15 is 0 Å². The number of rotatable bonds is 1. The van der Waals surface area contributed by atoms with Crippen LogP contribution < -0.4 is 5.73 Å². The minimum absolute atomic E-state index is 0.160. The fourth-order valence-electron chi connectivity index (χ4n) is 2.08. The van der Waals surface area contributed by atoms with Crippen LogP contribution in [0.25, 0.3) is 22.2 Å². The van der Waals surface area contributed by atoms with Gasteiger partial charge in [0.2, 0.25) is 0 Å². The molecule has 102 valence electrons. The number of fused-ring (bicyclic) bond motifs is 1. The number of carboxylic acid groups (broad SMARTS) is 1. The van der Waals surface area contributed by atoms with Gasteiger partial charge in [0.25, 0.3) is 0 Å². The lowest BCUT2D eigenvalue weighted by Gasteiger charge is -2.01. The minimum Gasteiger partial charge on any atom is -0.463 e. The Morgan fingerprint density at radius 3 is 2.75 bits per heavy atom. The van der Waals surface area contributed by atoms with Gasteiger partial charge in [-0.1, -0.05) is 0 Å². The lowest BCUT2D eigenvalue weighted by atomic mass is 10.1. The average Bonchev–Trinajstić information content (AvgIpc) is 2.92. The van der Waals surface area contributed by atoms with Crippen molar-refractivity contribution in [2.24, 2.45) is 7.05 Å². The van der Waals surface area contributed by atoms with Gasteiger partial charge in [-0.25, -0.2) is 4.79 Å². The van der Waals surface area contributed by atoms with Crippen LogP contribution in [0.1, 0.15) is 5.69 Å². The molecule has 3 aromatic rings. The molecule has 0 aliphatic rings. The zero-order valence-electron chi connectivity index (χ0n) is 10.9. The van der Waals surface area contributed by atoms with Crippen molar-refractivity contribution in [3.05, 3.63) is 24.2 Å². The summed E-state index contributed by atoms with van der Waals surface area (Å²) in [6, 6.07) is 1.72. The van der Waals surface area contributed by atoms with E-state index in [0.29, 0.717) is 16.6 Å². The van der Waals surface area contributed by atoms with Gasteiger partial charge in [0.05, 0.1) is 18.1 Å². The first-order valence-corrected chi connectivity index (χ1v) is 5.85. The lowest BCUT2D eigenvalue weighted by molar-refractivity contribution is 0.194. The highest BCUT2D eigenvalue weighted by atomic mass is 16.4. The molecule has 0 aliphatic heterocycles. The quantitative estimate of drug-likeness (QED) is 0.689. The van der Waals surface area contributed by atoms with Crippen LogP contribution in [0.4, 0.5) is 10.6 Å². The molecule has 0 aromatic carbocycles. The van der Waals surface area contributed by atoms with E-state index in [4.69, 9.17) is 10.8 Å². The second-order valence-electron chi connectivity index (χ2n) is 4.43. The highest BCUT2D eigenvalue weighted by Crippen LogP contribution is 2.27. The summed E-state index contributed by atoms with van der Waals surface area (Å²) in [6.07, 6.45) is 1.97. The average molecular weight is 272 g/mol.